The van der Waals surface area contributed by atoms with E-state index in [1.54, 1.807) is 6.07 Å². The molecule has 3 N–H and O–H groups in total. The Morgan fingerprint density at radius 1 is 1.44 bits per heavy atom. The first-order chi connectivity index (χ1) is 11.7. The molecule has 0 atom stereocenters. The molecule has 2 heterocycles. The predicted molar refractivity (Wildman–Crippen MR) is 100 cm³/mol. The lowest BCUT2D eigenvalue weighted by Gasteiger charge is -2.41. The van der Waals surface area contributed by atoms with Crippen LogP contribution in [0, 0.1) is 16.7 Å². The number of nitriles is 1. The van der Waals surface area contributed by atoms with Gasteiger partial charge in [-0.2, -0.15) is 5.26 Å². The molecule has 0 radical (unpaired) electrons. The molecular weight excluding hydrogens is 314 g/mol. The van der Waals surface area contributed by atoms with Crippen molar-refractivity contribution in [1.29, 1.82) is 10.7 Å². The summed E-state index contributed by atoms with van der Waals surface area (Å²) in [4.78, 5) is 16.2. The zero-order valence-electron chi connectivity index (χ0n) is 15.2. The summed E-state index contributed by atoms with van der Waals surface area (Å²) in [7, 11) is 0. The smallest absolute Gasteiger partial charge is 0.150 e. The highest BCUT2D eigenvalue weighted by atomic mass is 16.1. The average Bonchev–Trinajstić information content (AvgIpc) is 2.51. The molecule has 6 nitrogen and oxygen atoms in total. The summed E-state index contributed by atoms with van der Waals surface area (Å²) in [5, 5.41) is 23.0. The molecule has 132 valence electrons. The first kappa shape index (κ1) is 18.8. The zero-order valence-corrected chi connectivity index (χ0v) is 15.2. The van der Waals surface area contributed by atoms with Crippen LogP contribution in [0.2, 0.25) is 0 Å². The largest absolute Gasteiger partial charge is 0.368 e. The third-order valence-electron chi connectivity index (χ3n) is 4.05. The molecule has 0 saturated carbocycles. The van der Waals surface area contributed by atoms with E-state index in [-0.39, 0.29) is 11.1 Å². The fraction of sp³-hybridized carbons (Fsp3) is 0.474. The van der Waals surface area contributed by atoms with E-state index >= 15 is 0 Å². The van der Waals surface area contributed by atoms with Gasteiger partial charge < -0.3 is 16.0 Å². The van der Waals surface area contributed by atoms with Crippen molar-refractivity contribution in [3.8, 4) is 6.07 Å². The molecule has 0 spiro atoms. The van der Waals surface area contributed by atoms with Gasteiger partial charge in [-0.3, -0.25) is 4.79 Å². The van der Waals surface area contributed by atoms with Crippen LogP contribution in [-0.2, 0) is 0 Å². The van der Waals surface area contributed by atoms with Crippen LogP contribution in [-0.4, -0.2) is 35.1 Å². The molecule has 1 aromatic heterocycles. The van der Waals surface area contributed by atoms with Crippen molar-refractivity contribution in [1.82, 2.24) is 10.3 Å². The standard InChI is InChI=1S/C19H25N5O/c1-18(2)9-14(10-19(3,4)24-18)16-8-13(12-25)15(11-21)17(23-16)22-7-5-6-20/h8-9,11-12,21,24H,5,7,10H2,1-4H3,(H,22,23). The van der Waals surface area contributed by atoms with Gasteiger partial charge in [-0.05, 0) is 45.8 Å². The van der Waals surface area contributed by atoms with E-state index in [2.05, 4.69) is 55.5 Å². The molecule has 25 heavy (non-hydrogen) atoms. The Bertz CT molecular complexity index is 756. The Balaban J connectivity index is 2.52. The number of carbonyl (C=O) groups is 1. The monoisotopic (exact) mass is 339 g/mol. The Morgan fingerprint density at radius 3 is 2.72 bits per heavy atom. The second kappa shape index (κ2) is 7.16. The van der Waals surface area contributed by atoms with Crippen LogP contribution in [0.15, 0.2) is 12.1 Å². The summed E-state index contributed by atoms with van der Waals surface area (Å²) in [6.07, 6.45) is 5.12. The number of hydrogen-bond donors (Lipinski definition) is 3. The quantitative estimate of drug-likeness (QED) is 0.420. The maximum Gasteiger partial charge on any atom is 0.150 e. The molecule has 1 aliphatic rings. The van der Waals surface area contributed by atoms with Crippen LogP contribution in [0.5, 0.6) is 0 Å². The highest BCUT2D eigenvalue weighted by Gasteiger charge is 2.33. The van der Waals surface area contributed by atoms with Crippen LogP contribution in [0.1, 0.15) is 62.2 Å². The molecular formula is C19H25N5O. The molecule has 0 bridgehead atoms. The van der Waals surface area contributed by atoms with Crippen molar-refractivity contribution >= 4 is 23.9 Å². The minimum Gasteiger partial charge on any atom is -0.368 e. The molecule has 1 aliphatic heterocycles. The molecule has 2 rings (SSSR count). The number of rotatable bonds is 6. The molecule has 0 aliphatic carbocycles. The Hall–Kier alpha value is -2.52. The predicted octanol–water partition coefficient (Wildman–Crippen LogP) is 3.15. The van der Waals surface area contributed by atoms with Gasteiger partial charge in [0.2, 0.25) is 0 Å². The molecule has 1 aromatic rings. The first-order valence-corrected chi connectivity index (χ1v) is 8.34. The van der Waals surface area contributed by atoms with Gasteiger partial charge in [-0.1, -0.05) is 6.08 Å². The fourth-order valence-corrected chi connectivity index (χ4v) is 3.44. The third-order valence-corrected chi connectivity index (χ3v) is 4.05. The van der Waals surface area contributed by atoms with Crippen LogP contribution in [0.3, 0.4) is 0 Å². The van der Waals surface area contributed by atoms with E-state index in [0.717, 1.165) is 30.2 Å². The summed E-state index contributed by atoms with van der Waals surface area (Å²) < 4.78 is 0. The Morgan fingerprint density at radius 2 is 2.16 bits per heavy atom. The minimum atomic E-state index is -0.186. The molecule has 0 unspecified atom stereocenters. The second-order valence-electron chi connectivity index (χ2n) is 7.53. The fourth-order valence-electron chi connectivity index (χ4n) is 3.44. The molecule has 6 heteroatoms. The van der Waals surface area contributed by atoms with E-state index in [0.29, 0.717) is 29.9 Å². The van der Waals surface area contributed by atoms with Gasteiger partial charge in [0.05, 0.1) is 18.2 Å². The number of nitrogens with one attached hydrogen (secondary N) is 3. The zero-order chi connectivity index (χ0) is 18.7. The molecule has 0 aromatic carbocycles. The SMILES string of the molecule is CC1(C)C=C(c2cc(C=O)c(C=N)c(NCCC#N)n2)CC(C)(C)N1. The summed E-state index contributed by atoms with van der Waals surface area (Å²) in [5.74, 6) is 0.472. The molecule has 0 amide bonds. The van der Waals surface area contributed by atoms with Crippen LogP contribution >= 0.6 is 0 Å². The number of anilines is 1. The minimum absolute atomic E-state index is 0.0920. The van der Waals surface area contributed by atoms with Gasteiger partial charge in [-0.15, -0.1) is 0 Å². The van der Waals surface area contributed by atoms with Gasteiger partial charge in [0, 0.05) is 35.0 Å². The number of pyridine rings is 1. The van der Waals surface area contributed by atoms with Gasteiger partial charge in [0.25, 0.3) is 0 Å². The summed E-state index contributed by atoms with van der Waals surface area (Å²) in [6.45, 7) is 8.91. The normalized spacial score (nSPS) is 18.0. The highest BCUT2D eigenvalue weighted by molar-refractivity contribution is 5.96. The lowest BCUT2D eigenvalue weighted by molar-refractivity contribution is 0.112. The third kappa shape index (κ3) is 4.52. The van der Waals surface area contributed by atoms with Gasteiger partial charge in [-0.25, -0.2) is 4.98 Å². The molecule has 0 fully saturated rings. The number of aromatic nitrogens is 1. The van der Waals surface area contributed by atoms with Crippen molar-refractivity contribution in [2.45, 2.75) is 51.6 Å². The maximum atomic E-state index is 11.5. The highest BCUT2D eigenvalue weighted by Crippen LogP contribution is 2.34. The number of nitrogens with zero attached hydrogens (tertiary/aromatic N) is 2. The van der Waals surface area contributed by atoms with Crippen molar-refractivity contribution in [3.05, 3.63) is 29.0 Å². The Kier molecular flexibility index (Phi) is 5.39. The summed E-state index contributed by atoms with van der Waals surface area (Å²) in [5.41, 5.74) is 2.39. The molecule has 0 saturated heterocycles. The van der Waals surface area contributed by atoms with Crippen molar-refractivity contribution in [2.24, 2.45) is 0 Å². The van der Waals surface area contributed by atoms with Crippen molar-refractivity contribution in [2.75, 3.05) is 11.9 Å². The lowest BCUT2D eigenvalue weighted by Crippen LogP contribution is -2.53. The van der Waals surface area contributed by atoms with E-state index in [9.17, 15) is 4.79 Å². The number of aldehydes is 1. The van der Waals surface area contributed by atoms with Gasteiger partial charge >= 0.3 is 0 Å². The first-order valence-electron chi connectivity index (χ1n) is 8.34. The van der Waals surface area contributed by atoms with Crippen LogP contribution < -0.4 is 10.6 Å². The Labute approximate surface area is 148 Å². The van der Waals surface area contributed by atoms with E-state index < -0.39 is 0 Å². The summed E-state index contributed by atoms with van der Waals surface area (Å²) in [6, 6.07) is 3.81. The van der Waals surface area contributed by atoms with Crippen molar-refractivity contribution < 1.29 is 4.79 Å². The number of hydrogen-bond acceptors (Lipinski definition) is 6. The second-order valence-corrected chi connectivity index (χ2v) is 7.53. The average molecular weight is 339 g/mol. The lowest BCUT2D eigenvalue weighted by atomic mass is 9.82. The maximum absolute atomic E-state index is 11.5. The van der Waals surface area contributed by atoms with Crippen LogP contribution in [0.25, 0.3) is 5.57 Å². The summed E-state index contributed by atoms with van der Waals surface area (Å²) >= 11 is 0. The van der Waals surface area contributed by atoms with Crippen LogP contribution in [0.4, 0.5) is 5.82 Å². The number of carbonyl (C=O) groups excluding carboxylic acids is 1. The van der Waals surface area contributed by atoms with E-state index in [1.807, 2.05) is 0 Å². The van der Waals surface area contributed by atoms with E-state index in [1.165, 1.54) is 0 Å². The van der Waals surface area contributed by atoms with E-state index in [4.69, 9.17) is 10.7 Å². The van der Waals surface area contributed by atoms with Crippen molar-refractivity contribution in [3.63, 3.8) is 0 Å². The van der Waals surface area contributed by atoms with Gasteiger partial charge in [0.1, 0.15) is 5.82 Å². The van der Waals surface area contributed by atoms with Gasteiger partial charge in [0.15, 0.2) is 6.29 Å². The topological polar surface area (TPSA) is 102 Å².